The van der Waals surface area contributed by atoms with Gasteiger partial charge in [-0.2, -0.15) is 0 Å². The van der Waals surface area contributed by atoms with Crippen LogP contribution < -0.4 is 9.62 Å². The fraction of sp³-hybridized carbons (Fsp3) is 0.174. The summed E-state index contributed by atoms with van der Waals surface area (Å²) in [5, 5.41) is 2.62. The van der Waals surface area contributed by atoms with E-state index in [1.54, 1.807) is 18.2 Å². The quantitative estimate of drug-likeness (QED) is 0.489. The van der Waals surface area contributed by atoms with Crippen molar-refractivity contribution in [2.45, 2.75) is 11.5 Å². The van der Waals surface area contributed by atoms with E-state index >= 15 is 0 Å². The van der Waals surface area contributed by atoms with Gasteiger partial charge in [-0.3, -0.25) is 9.10 Å². The zero-order valence-electron chi connectivity index (χ0n) is 16.8. The standard InChI is InChI=1S/C23H23FN2O4S/c24-21-13-7-8-14-22(21)26(31(28,29)20-11-5-2-6-12-20)17-23(27)25-15-16-30-18-19-9-3-1-4-10-19/h1-14H,15-18H2,(H,25,27). The number of sulfonamides is 1. The van der Waals surface area contributed by atoms with Crippen LogP contribution in [0.1, 0.15) is 5.56 Å². The number of halogens is 1. The SMILES string of the molecule is O=C(CN(c1ccccc1F)S(=O)(=O)c1ccccc1)NCCOCc1ccccc1. The van der Waals surface area contributed by atoms with Crippen LogP contribution in [-0.4, -0.2) is 34.0 Å². The molecule has 0 aromatic heterocycles. The van der Waals surface area contributed by atoms with E-state index in [1.165, 1.54) is 30.3 Å². The first-order valence-electron chi connectivity index (χ1n) is 9.69. The fourth-order valence-electron chi connectivity index (χ4n) is 2.89. The van der Waals surface area contributed by atoms with E-state index in [2.05, 4.69) is 5.32 Å². The van der Waals surface area contributed by atoms with Crippen LogP contribution in [0.25, 0.3) is 0 Å². The minimum atomic E-state index is -4.14. The van der Waals surface area contributed by atoms with Gasteiger partial charge in [0.25, 0.3) is 10.0 Å². The lowest BCUT2D eigenvalue weighted by molar-refractivity contribution is -0.119. The number of hydrogen-bond acceptors (Lipinski definition) is 4. The fourth-order valence-corrected chi connectivity index (χ4v) is 4.34. The number of para-hydroxylation sites is 1. The molecule has 0 heterocycles. The molecular formula is C23H23FN2O4S. The molecule has 0 aliphatic rings. The lowest BCUT2D eigenvalue weighted by Crippen LogP contribution is -2.42. The van der Waals surface area contributed by atoms with Crippen LogP contribution in [0.15, 0.2) is 89.8 Å². The van der Waals surface area contributed by atoms with E-state index in [4.69, 9.17) is 4.74 Å². The summed E-state index contributed by atoms with van der Waals surface area (Å²) in [4.78, 5) is 12.4. The average molecular weight is 443 g/mol. The van der Waals surface area contributed by atoms with E-state index < -0.39 is 28.3 Å². The molecule has 0 bridgehead atoms. The van der Waals surface area contributed by atoms with E-state index in [1.807, 2.05) is 30.3 Å². The van der Waals surface area contributed by atoms with Crippen molar-refractivity contribution in [3.63, 3.8) is 0 Å². The molecule has 31 heavy (non-hydrogen) atoms. The van der Waals surface area contributed by atoms with Crippen molar-refractivity contribution in [1.29, 1.82) is 0 Å². The second-order valence-corrected chi connectivity index (χ2v) is 8.53. The summed E-state index contributed by atoms with van der Waals surface area (Å²) < 4.78 is 46.9. The minimum absolute atomic E-state index is 0.0303. The number of nitrogens with zero attached hydrogens (tertiary/aromatic N) is 1. The molecule has 3 aromatic rings. The Morgan fingerprint density at radius 3 is 2.19 bits per heavy atom. The van der Waals surface area contributed by atoms with Crippen LogP contribution in [0.5, 0.6) is 0 Å². The molecule has 3 rings (SSSR count). The van der Waals surface area contributed by atoms with Crippen molar-refractivity contribution in [2.24, 2.45) is 0 Å². The summed E-state index contributed by atoms with van der Waals surface area (Å²) in [7, 11) is -4.14. The Hall–Kier alpha value is -3.23. The summed E-state index contributed by atoms with van der Waals surface area (Å²) in [5.41, 5.74) is 0.815. The molecule has 0 spiro atoms. The smallest absolute Gasteiger partial charge is 0.264 e. The number of ether oxygens (including phenoxy) is 1. The third-order valence-electron chi connectivity index (χ3n) is 4.42. The number of rotatable bonds is 10. The van der Waals surface area contributed by atoms with E-state index in [0.717, 1.165) is 15.9 Å². The van der Waals surface area contributed by atoms with Crippen LogP contribution in [0.4, 0.5) is 10.1 Å². The zero-order chi connectivity index (χ0) is 22.1. The summed E-state index contributed by atoms with van der Waals surface area (Å²) in [5.74, 6) is -1.30. The number of anilines is 1. The second kappa shape index (κ2) is 10.7. The molecule has 0 radical (unpaired) electrons. The first kappa shape index (κ1) is 22.5. The molecule has 0 saturated heterocycles. The molecule has 0 aliphatic carbocycles. The van der Waals surface area contributed by atoms with Gasteiger partial charge in [0.2, 0.25) is 5.91 Å². The maximum Gasteiger partial charge on any atom is 0.264 e. The number of nitrogens with one attached hydrogen (secondary N) is 1. The predicted molar refractivity (Wildman–Crippen MR) is 116 cm³/mol. The van der Waals surface area contributed by atoms with Gasteiger partial charge in [0.05, 0.1) is 23.8 Å². The first-order chi connectivity index (χ1) is 15.0. The molecule has 3 aromatic carbocycles. The van der Waals surface area contributed by atoms with Gasteiger partial charge >= 0.3 is 0 Å². The number of hydrogen-bond donors (Lipinski definition) is 1. The van der Waals surface area contributed by atoms with Crippen molar-refractivity contribution in [3.8, 4) is 0 Å². The van der Waals surface area contributed by atoms with Crippen LogP contribution in [0.3, 0.4) is 0 Å². The maximum atomic E-state index is 14.4. The van der Waals surface area contributed by atoms with Gasteiger partial charge in [-0.25, -0.2) is 12.8 Å². The Kier molecular flexibility index (Phi) is 7.75. The monoisotopic (exact) mass is 442 g/mol. The summed E-state index contributed by atoms with van der Waals surface area (Å²) in [6.07, 6.45) is 0. The normalized spacial score (nSPS) is 11.1. The predicted octanol–water partition coefficient (Wildman–Crippen LogP) is 3.35. The van der Waals surface area contributed by atoms with Crippen molar-refractivity contribution >= 4 is 21.6 Å². The Balaban J connectivity index is 1.65. The minimum Gasteiger partial charge on any atom is -0.375 e. The topological polar surface area (TPSA) is 75.7 Å². The van der Waals surface area contributed by atoms with Gasteiger partial charge in [0, 0.05) is 6.54 Å². The number of carbonyl (C=O) groups is 1. The van der Waals surface area contributed by atoms with Gasteiger partial charge in [-0.15, -0.1) is 0 Å². The number of carbonyl (C=O) groups excluding carboxylic acids is 1. The van der Waals surface area contributed by atoms with Gasteiger partial charge in [-0.05, 0) is 29.8 Å². The first-order valence-corrected chi connectivity index (χ1v) is 11.1. The maximum absolute atomic E-state index is 14.4. The lowest BCUT2D eigenvalue weighted by Gasteiger charge is -2.24. The second-order valence-electron chi connectivity index (χ2n) is 6.66. The molecule has 0 saturated carbocycles. The highest BCUT2D eigenvalue weighted by atomic mass is 32.2. The Morgan fingerprint density at radius 2 is 1.52 bits per heavy atom. The highest BCUT2D eigenvalue weighted by Crippen LogP contribution is 2.25. The van der Waals surface area contributed by atoms with Crippen molar-refractivity contribution in [3.05, 3.63) is 96.3 Å². The van der Waals surface area contributed by atoms with Gasteiger partial charge in [0.1, 0.15) is 12.4 Å². The van der Waals surface area contributed by atoms with Crippen molar-refractivity contribution < 1.29 is 22.3 Å². The largest absolute Gasteiger partial charge is 0.375 e. The average Bonchev–Trinajstić information content (AvgIpc) is 2.79. The summed E-state index contributed by atoms with van der Waals surface area (Å²) in [6, 6.07) is 22.6. The van der Waals surface area contributed by atoms with E-state index in [0.29, 0.717) is 6.61 Å². The third kappa shape index (κ3) is 6.13. The Bertz CT molecular complexity index is 1090. The Morgan fingerprint density at radius 1 is 0.903 bits per heavy atom. The van der Waals surface area contributed by atoms with Crippen molar-refractivity contribution in [1.82, 2.24) is 5.32 Å². The van der Waals surface area contributed by atoms with Gasteiger partial charge in [-0.1, -0.05) is 60.7 Å². The van der Waals surface area contributed by atoms with Crippen LogP contribution in [-0.2, 0) is 26.2 Å². The molecule has 0 unspecified atom stereocenters. The summed E-state index contributed by atoms with van der Waals surface area (Å²) in [6.45, 7) is 0.297. The van der Waals surface area contributed by atoms with E-state index in [-0.39, 0.29) is 23.7 Å². The third-order valence-corrected chi connectivity index (χ3v) is 6.19. The molecule has 0 aliphatic heterocycles. The molecule has 162 valence electrons. The zero-order valence-corrected chi connectivity index (χ0v) is 17.6. The van der Waals surface area contributed by atoms with Gasteiger partial charge in [0.15, 0.2) is 0 Å². The molecule has 8 heteroatoms. The highest BCUT2D eigenvalue weighted by Gasteiger charge is 2.28. The van der Waals surface area contributed by atoms with Crippen LogP contribution >= 0.6 is 0 Å². The Labute approximate surface area is 181 Å². The van der Waals surface area contributed by atoms with Gasteiger partial charge < -0.3 is 10.1 Å². The molecule has 0 atom stereocenters. The summed E-state index contributed by atoms with van der Waals surface area (Å²) >= 11 is 0. The highest BCUT2D eigenvalue weighted by molar-refractivity contribution is 7.92. The lowest BCUT2D eigenvalue weighted by atomic mass is 10.2. The van der Waals surface area contributed by atoms with E-state index in [9.17, 15) is 17.6 Å². The molecule has 6 nitrogen and oxygen atoms in total. The molecule has 1 amide bonds. The van der Waals surface area contributed by atoms with Crippen molar-refractivity contribution in [2.75, 3.05) is 24.0 Å². The van der Waals surface area contributed by atoms with Crippen LogP contribution in [0.2, 0.25) is 0 Å². The number of amides is 1. The number of benzene rings is 3. The van der Waals surface area contributed by atoms with Crippen LogP contribution in [0, 0.1) is 5.82 Å². The molecular weight excluding hydrogens is 419 g/mol. The molecule has 1 N–H and O–H groups in total. The molecule has 0 fully saturated rings.